The molecule has 3 aromatic rings. The Hall–Kier alpha value is -2.71. The highest BCUT2D eigenvalue weighted by Gasteiger charge is 2.26. The second-order valence-corrected chi connectivity index (χ2v) is 8.49. The molecule has 1 amide bonds. The van der Waals surface area contributed by atoms with Gasteiger partial charge in [-0.05, 0) is 30.5 Å². The Bertz CT molecular complexity index is 1020. The molecule has 7 nitrogen and oxygen atoms in total. The lowest BCUT2D eigenvalue weighted by Gasteiger charge is -2.19. The lowest BCUT2D eigenvalue weighted by atomic mass is 10.0. The zero-order valence-corrected chi connectivity index (χ0v) is 17.0. The van der Waals surface area contributed by atoms with E-state index in [-0.39, 0.29) is 12.0 Å². The van der Waals surface area contributed by atoms with Crippen LogP contribution in [0.25, 0.3) is 22.4 Å². The van der Waals surface area contributed by atoms with Crippen molar-refractivity contribution in [2.24, 2.45) is 0 Å². The number of benzene rings is 1. The van der Waals surface area contributed by atoms with Gasteiger partial charge in [-0.25, -0.2) is 4.98 Å². The van der Waals surface area contributed by atoms with Crippen molar-refractivity contribution < 1.29 is 14.3 Å². The highest BCUT2D eigenvalue weighted by molar-refractivity contribution is 7.14. The highest BCUT2D eigenvalue weighted by Crippen LogP contribution is 2.39. The maximum Gasteiger partial charge on any atom is 0.282 e. The van der Waals surface area contributed by atoms with Crippen LogP contribution in [0.1, 0.15) is 27.5 Å². The molecule has 1 saturated heterocycles. The largest absolute Gasteiger partial charge is 0.492 e. The van der Waals surface area contributed by atoms with E-state index in [9.17, 15) is 4.79 Å². The lowest BCUT2D eigenvalue weighted by Crippen LogP contribution is -2.34. The maximum absolute atomic E-state index is 12.9. The Balaban J connectivity index is 1.43. The molecule has 2 aromatic heterocycles. The molecule has 4 heterocycles. The zero-order chi connectivity index (χ0) is 19.8. The summed E-state index contributed by atoms with van der Waals surface area (Å²) in [7, 11) is 1.82. The van der Waals surface area contributed by atoms with Crippen molar-refractivity contribution in [1.82, 2.24) is 20.1 Å². The Kier molecular flexibility index (Phi) is 4.81. The molecule has 150 valence electrons. The third-order valence-electron chi connectivity index (χ3n) is 5.38. The number of thiazole rings is 1. The monoisotopic (exact) mass is 410 g/mol. The first-order valence-electron chi connectivity index (χ1n) is 9.82. The van der Waals surface area contributed by atoms with E-state index in [1.54, 1.807) is 11.1 Å². The minimum absolute atomic E-state index is 0.0453. The summed E-state index contributed by atoms with van der Waals surface area (Å²) >= 11 is 1.47. The lowest BCUT2D eigenvalue weighted by molar-refractivity contribution is 0.0587. The number of amides is 1. The summed E-state index contributed by atoms with van der Waals surface area (Å²) in [5.74, 6) is 0.746. The van der Waals surface area contributed by atoms with Gasteiger partial charge in [-0.3, -0.25) is 9.89 Å². The fourth-order valence-corrected chi connectivity index (χ4v) is 4.89. The molecule has 1 N–H and O–H groups in total. The molecule has 2 aliphatic heterocycles. The second kappa shape index (κ2) is 7.61. The molecule has 8 heteroatoms. The van der Waals surface area contributed by atoms with Gasteiger partial charge in [-0.2, -0.15) is 5.10 Å². The normalized spacial score (nSPS) is 17.9. The molecule has 29 heavy (non-hydrogen) atoms. The highest BCUT2D eigenvalue weighted by atomic mass is 32.1. The van der Waals surface area contributed by atoms with Crippen molar-refractivity contribution in [3.8, 4) is 28.1 Å². The van der Waals surface area contributed by atoms with Crippen LogP contribution in [0.2, 0.25) is 0 Å². The van der Waals surface area contributed by atoms with Crippen LogP contribution in [-0.4, -0.2) is 58.9 Å². The predicted molar refractivity (Wildman–Crippen MR) is 110 cm³/mol. The van der Waals surface area contributed by atoms with Gasteiger partial charge in [0.25, 0.3) is 5.91 Å². The molecular formula is C21H22N4O3S. The summed E-state index contributed by atoms with van der Waals surface area (Å²) < 4.78 is 11.7. The molecule has 1 fully saturated rings. The van der Waals surface area contributed by atoms with E-state index in [0.29, 0.717) is 18.2 Å². The van der Waals surface area contributed by atoms with Crippen molar-refractivity contribution in [1.29, 1.82) is 0 Å². The number of ether oxygens (including phenoxy) is 2. The molecule has 5 rings (SSSR count). The number of aromatic amines is 1. The molecule has 0 radical (unpaired) electrons. The number of likely N-dealkylation sites (N-methyl/N-ethyl adjacent to an activating group) is 1. The van der Waals surface area contributed by atoms with Gasteiger partial charge in [-0.15, -0.1) is 11.3 Å². The number of H-pyrrole nitrogens is 1. The van der Waals surface area contributed by atoms with Gasteiger partial charge in [-0.1, -0.05) is 6.07 Å². The van der Waals surface area contributed by atoms with Crippen LogP contribution in [0.5, 0.6) is 5.75 Å². The Morgan fingerprint density at radius 2 is 2.28 bits per heavy atom. The van der Waals surface area contributed by atoms with E-state index in [2.05, 4.69) is 10.2 Å². The number of carbonyl (C=O) groups is 1. The third-order valence-corrected chi connectivity index (χ3v) is 6.49. The Labute approximate surface area is 172 Å². The van der Waals surface area contributed by atoms with Gasteiger partial charge < -0.3 is 14.4 Å². The maximum atomic E-state index is 12.9. The van der Waals surface area contributed by atoms with Gasteiger partial charge in [0, 0.05) is 48.8 Å². The minimum atomic E-state index is -0.0453. The standard InChI is InChI=1S/C21H22N4O3S/c1-25(12-15-3-2-7-27-15)21(26)20-24-19-16-5-4-13(14-10-22-23-11-14)9-17(16)28-8-6-18(19)29-20/h4-5,9-11,15H,2-3,6-8,12H2,1H3,(H,22,23)/t15-/m1/s1. The smallest absolute Gasteiger partial charge is 0.282 e. The molecule has 0 bridgehead atoms. The van der Waals surface area contributed by atoms with Crippen LogP contribution >= 0.6 is 11.3 Å². The van der Waals surface area contributed by atoms with E-state index in [1.807, 2.05) is 31.4 Å². The number of fused-ring (bicyclic) bond motifs is 3. The number of aromatic nitrogens is 3. The first kappa shape index (κ1) is 18.3. The van der Waals surface area contributed by atoms with Crippen molar-refractivity contribution in [3.05, 3.63) is 40.5 Å². The average molecular weight is 410 g/mol. The summed E-state index contributed by atoms with van der Waals surface area (Å²) in [6, 6.07) is 6.07. The van der Waals surface area contributed by atoms with E-state index in [0.717, 1.165) is 58.9 Å². The SMILES string of the molecule is CN(C[C@H]1CCCO1)C(=O)c1nc2c(s1)CCOc1cc(-c3cn[nH]c3)ccc1-2. The van der Waals surface area contributed by atoms with Gasteiger partial charge in [0.05, 0.1) is 24.6 Å². The fourth-order valence-electron chi connectivity index (χ4n) is 3.84. The Morgan fingerprint density at radius 1 is 1.34 bits per heavy atom. The number of nitrogens with one attached hydrogen (secondary N) is 1. The number of carbonyl (C=O) groups excluding carboxylic acids is 1. The van der Waals surface area contributed by atoms with E-state index in [1.165, 1.54) is 11.3 Å². The van der Waals surface area contributed by atoms with Crippen LogP contribution in [0.15, 0.2) is 30.6 Å². The van der Waals surface area contributed by atoms with E-state index < -0.39 is 0 Å². The van der Waals surface area contributed by atoms with Gasteiger partial charge in [0.15, 0.2) is 5.01 Å². The molecule has 0 saturated carbocycles. The molecule has 0 spiro atoms. The molecule has 2 aliphatic rings. The molecule has 1 aromatic carbocycles. The predicted octanol–water partition coefficient (Wildman–Crippen LogP) is 3.39. The number of nitrogens with zero attached hydrogens (tertiary/aromatic N) is 3. The summed E-state index contributed by atoms with van der Waals surface area (Å²) in [4.78, 5) is 20.5. The van der Waals surface area contributed by atoms with Crippen molar-refractivity contribution in [2.45, 2.75) is 25.4 Å². The molecule has 0 aliphatic carbocycles. The number of hydrogen-bond donors (Lipinski definition) is 1. The summed E-state index contributed by atoms with van der Waals surface area (Å²) in [6.45, 7) is 1.96. The van der Waals surface area contributed by atoms with Gasteiger partial charge in [0.1, 0.15) is 5.75 Å². The molecule has 1 atom stereocenters. The van der Waals surface area contributed by atoms with Crippen molar-refractivity contribution in [2.75, 3.05) is 26.8 Å². The van der Waals surface area contributed by atoms with Gasteiger partial charge in [0.2, 0.25) is 0 Å². The van der Waals surface area contributed by atoms with Crippen LogP contribution in [-0.2, 0) is 11.2 Å². The zero-order valence-electron chi connectivity index (χ0n) is 16.2. The first-order chi connectivity index (χ1) is 14.2. The Morgan fingerprint density at radius 3 is 3.07 bits per heavy atom. The van der Waals surface area contributed by atoms with Crippen LogP contribution in [0.3, 0.4) is 0 Å². The minimum Gasteiger partial charge on any atom is -0.492 e. The fraction of sp³-hybridized carbons (Fsp3) is 0.381. The third kappa shape index (κ3) is 3.54. The molecule has 0 unspecified atom stereocenters. The second-order valence-electron chi connectivity index (χ2n) is 7.41. The average Bonchev–Trinajstić information content (AvgIpc) is 3.48. The van der Waals surface area contributed by atoms with Crippen LogP contribution < -0.4 is 4.74 Å². The van der Waals surface area contributed by atoms with Crippen molar-refractivity contribution in [3.63, 3.8) is 0 Å². The summed E-state index contributed by atoms with van der Waals surface area (Å²) in [5.41, 5.74) is 3.83. The number of hydrogen-bond acceptors (Lipinski definition) is 6. The van der Waals surface area contributed by atoms with Crippen LogP contribution in [0.4, 0.5) is 0 Å². The van der Waals surface area contributed by atoms with E-state index >= 15 is 0 Å². The van der Waals surface area contributed by atoms with Gasteiger partial charge >= 0.3 is 0 Å². The topological polar surface area (TPSA) is 80.3 Å². The number of rotatable bonds is 4. The first-order valence-corrected chi connectivity index (χ1v) is 10.6. The van der Waals surface area contributed by atoms with Crippen molar-refractivity contribution >= 4 is 17.2 Å². The quantitative estimate of drug-likeness (QED) is 0.713. The van der Waals surface area contributed by atoms with Crippen LogP contribution in [0, 0.1) is 0 Å². The van der Waals surface area contributed by atoms with E-state index in [4.69, 9.17) is 14.5 Å². The summed E-state index contributed by atoms with van der Waals surface area (Å²) in [5, 5.41) is 7.38. The molecular weight excluding hydrogens is 388 g/mol. The summed E-state index contributed by atoms with van der Waals surface area (Å²) in [6.07, 6.45) is 6.59.